The lowest BCUT2D eigenvalue weighted by molar-refractivity contribution is -0.385. The zero-order valence-electron chi connectivity index (χ0n) is 11.5. The standard InChI is InChI=1S/C16H13NO5/c1-2-16(19)11-3-8-15(17(20)21)12(9-11)10-22-14-6-4-13(18)5-7-14/h1,3-9,16,18-19H,10H2. The lowest BCUT2D eigenvalue weighted by atomic mass is 10.1. The van der Waals surface area contributed by atoms with Gasteiger partial charge in [-0.05, 0) is 42.0 Å². The summed E-state index contributed by atoms with van der Waals surface area (Å²) < 4.78 is 5.46. The number of nitrogens with zero attached hydrogens (tertiary/aromatic N) is 1. The molecule has 0 radical (unpaired) electrons. The molecule has 0 aliphatic carbocycles. The second-order valence-electron chi connectivity index (χ2n) is 4.50. The van der Waals surface area contributed by atoms with Crippen molar-refractivity contribution in [3.05, 3.63) is 63.7 Å². The van der Waals surface area contributed by atoms with Crippen LogP contribution in [-0.2, 0) is 6.61 Å². The number of hydrogen-bond acceptors (Lipinski definition) is 5. The number of nitro benzene ring substituents is 1. The summed E-state index contributed by atoms with van der Waals surface area (Å²) in [4.78, 5) is 10.5. The van der Waals surface area contributed by atoms with Gasteiger partial charge in [-0.2, -0.15) is 0 Å². The molecule has 112 valence electrons. The maximum atomic E-state index is 11.0. The average molecular weight is 299 g/mol. The number of hydrogen-bond donors (Lipinski definition) is 2. The molecule has 0 bridgehead atoms. The summed E-state index contributed by atoms with van der Waals surface area (Å²) >= 11 is 0. The molecule has 0 aromatic heterocycles. The van der Waals surface area contributed by atoms with Gasteiger partial charge in [0.2, 0.25) is 0 Å². The number of benzene rings is 2. The predicted octanol–water partition coefficient (Wildman–Crippen LogP) is 2.55. The first-order valence-corrected chi connectivity index (χ1v) is 6.34. The van der Waals surface area contributed by atoms with Crippen molar-refractivity contribution in [2.75, 3.05) is 0 Å². The first kappa shape index (κ1) is 15.4. The van der Waals surface area contributed by atoms with E-state index < -0.39 is 11.0 Å². The van der Waals surface area contributed by atoms with Crippen molar-refractivity contribution in [2.45, 2.75) is 12.7 Å². The van der Waals surface area contributed by atoms with E-state index in [4.69, 9.17) is 11.2 Å². The Kier molecular flexibility index (Phi) is 4.61. The highest BCUT2D eigenvalue weighted by Gasteiger charge is 2.17. The third kappa shape index (κ3) is 3.53. The first-order valence-electron chi connectivity index (χ1n) is 6.34. The monoisotopic (exact) mass is 299 g/mol. The molecule has 0 saturated heterocycles. The number of nitro groups is 1. The molecule has 22 heavy (non-hydrogen) atoms. The minimum absolute atomic E-state index is 0.0633. The van der Waals surface area contributed by atoms with Crippen LogP contribution < -0.4 is 4.74 Å². The molecule has 0 saturated carbocycles. The highest BCUT2D eigenvalue weighted by Crippen LogP contribution is 2.25. The molecule has 0 fully saturated rings. The second-order valence-corrected chi connectivity index (χ2v) is 4.50. The summed E-state index contributed by atoms with van der Waals surface area (Å²) in [6.07, 6.45) is 4.01. The van der Waals surface area contributed by atoms with Gasteiger partial charge in [0, 0.05) is 6.07 Å². The Morgan fingerprint density at radius 2 is 1.95 bits per heavy atom. The van der Waals surface area contributed by atoms with E-state index in [-0.39, 0.29) is 18.0 Å². The molecular weight excluding hydrogens is 286 g/mol. The van der Waals surface area contributed by atoms with Crippen molar-refractivity contribution in [3.63, 3.8) is 0 Å². The van der Waals surface area contributed by atoms with Gasteiger partial charge in [-0.1, -0.05) is 5.92 Å². The molecule has 1 unspecified atom stereocenters. The number of ether oxygens (including phenoxy) is 1. The molecule has 1 atom stereocenters. The molecule has 2 aromatic carbocycles. The summed E-state index contributed by atoms with van der Waals surface area (Å²) in [7, 11) is 0. The van der Waals surface area contributed by atoms with Crippen LogP contribution in [0.3, 0.4) is 0 Å². The van der Waals surface area contributed by atoms with Gasteiger partial charge in [-0.25, -0.2) is 0 Å². The van der Waals surface area contributed by atoms with Gasteiger partial charge in [0.15, 0.2) is 0 Å². The quantitative estimate of drug-likeness (QED) is 0.503. The minimum atomic E-state index is -1.13. The van der Waals surface area contributed by atoms with E-state index in [0.29, 0.717) is 16.9 Å². The fourth-order valence-electron chi connectivity index (χ4n) is 1.87. The number of aliphatic hydroxyl groups is 1. The summed E-state index contributed by atoms with van der Waals surface area (Å²) in [6.45, 7) is -0.0633. The maximum Gasteiger partial charge on any atom is 0.276 e. The number of phenolic OH excluding ortho intramolecular Hbond substituents is 1. The topological polar surface area (TPSA) is 92.8 Å². The molecule has 2 aromatic rings. The lowest BCUT2D eigenvalue weighted by Gasteiger charge is -2.10. The Morgan fingerprint density at radius 1 is 1.27 bits per heavy atom. The van der Waals surface area contributed by atoms with E-state index in [9.17, 15) is 20.3 Å². The van der Waals surface area contributed by atoms with Crippen molar-refractivity contribution in [1.82, 2.24) is 0 Å². The van der Waals surface area contributed by atoms with Crippen LogP contribution in [0.4, 0.5) is 5.69 Å². The molecule has 0 aliphatic rings. The molecule has 2 rings (SSSR count). The fourth-order valence-corrected chi connectivity index (χ4v) is 1.87. The Bertz CT molecular complexity index is 718. The van der Waals surface area contributed by atoms with Crippen LogP contribution in [0.2, 0.25) is 0 Å². The van der Waals surface area contributed by atoms with Gasteiger partial charge >= 0.3 is 0 Å². The smallest absolute Gasteiger partial charge is 0.276 e. The van der Waals surface area contributed by atoms with Crippen LogP contribution in [0.1, 0.15) is 17.2 Å². The molecule has 0 amide bonds. The van der Waals surface area contributed by atoms with Crippen LogP contribution in [0.15, 0.2) is 42.5 Å². The highest BCUT2D eigenvalue weighted by molar-refractivity contribution is 5.44. The highest BCUT2D eigenvalue weighted by atomic mass is 16.6. The van der Waals surface area contributed by atoms with Gasteiger partial charge in [-0.3, -0.25) is 10.1 Å². The van der Waals surface area contributed by atoms with Crippen LogP contribution in [-0.4, -0.2) is 15.1 Å². The molecule has 0 heterocycles. The number of terminal acetylenes is 1. The van der Waals surface area contributed by atoms with Gasteiger partial charge in [0.05, 0.1) is 10.5 Å². The van der Waals surface area contributed by atoms with E-state index in [2.05, 4.69) is 5.92 Å². The molecule has 0 spiro atoms. The first-order chi connectivity index (χ1) is 10.5. The predicted molar refractivity (Wildman–Crippen MR) is 79.3 cm³/mol. The summed E-state index contributed by atoms with van der Waals surface area (Å²) in [6, 6.07) is 10.1. The number of phenols is 1. The average Bonchev–Trinajstić information content (AvgIpc) is 2.53. The lowest BCUT2D eigenvalue weighted by Crippen LogP contribution is -2.03. The third-order valence-electron chi connectivity index (χ3n) is 3.00. The maximum absolute atomic E-state index is 11.0. The van der Waals surface area contributed by atoms with Gasteiger partial charge in [0.25, 0.3) is 5.69 Å². The summed E-state index contributed by atoms with van der Waals surface area (Å²) in [5.41, 5.74) is 0.564. The number of aliphatic hydroxyl groups excluding tert-OH is 1. The molecular formula is C16H13NO5. The molecule has 0 aliphatic heterocycles. The zero-order chi connectivity index (χ0) is 16.1. The number of aromatic hydroxyl groups is 1. The van der Waals surface area contributed by atoms with Crippen molar-refractivity contribution in [2.24, 2.45) is 0 Å². The van der Waals surface area contributed by atoms with Gasteiger partial charge in [-0.15, -0.1) is 6.42 Å². The third-order valence-corrected chi connectivity index (χ3v) is 3.00. The second kappa shape index (κ2) is 6.61. The molecule has 6 nitrogen and oxygen atoms in total. The Hall–Kier alpha value is -3.04. The van der Waals surface area contributed by atoms with E-state index in [0.717, 1.165) is 0 Å². The van der Waals surface area contributed by atoms with Crippen molar-refractivity contribution in [1.29, 1.82) is 0 Å². The minimum Gasteiger partial charge on any atom is -0.508 e. The van der Waals surface area contributed by atoms with Gasteiger partial charge in [0.1, 0.15) is 24.2 Å². The SMILES string of the molecule is C#CC(O)c1ccc([N+](=O)[O-])c(COc2ccc(O)cc2)c1. The Balaban J connectivity index is 2.25. The normalized spacial score (nSPS) is 11.5. The van der Waals surface area contributed by atoms with Crippen LogP contribution in [0.25, 0.3) is 0 Å². The summed E-state index contributed by atoms with van der Waals surface area (Å²) in [5.74, 6) is 2.70. The van der Waals surface area contributed by atoms with E-state index in [1.54, 1.807) is 12.1 Å². The van der Waals surface area contributed by atoms with Crippen LogP contribution in [0, 0.1) is 22.5 Å². The largest absolute Gasteiger partial charge is 0.508 e. The molecule has 6 heteroatoms. The van der Waals surface area contributed by atoms with Crippen LogP contribution in [0.5, 0.6) is 11.5 Å². The van der Waals surface area contributed by atoms with E-state index >= 15 is 0 Å². The Morgan fingerprint density at radius 3 is 2.55 bits per heavy atom. The fraction of sp³-hybridized carbons (Fsp3) is 0.125. The van der Waals surface area contributed by atoms with Gasteiger partial charge < -0.3 is 14.9 Å². The van der Waals surface area contributed by atoms with Crippen molar-refractivity contribution < 1.29 is 19.9 Å². The van der Waals surface area contributed by atoms with E-state index in [1.807, 2.05) is 0 Å². The molecule has 2 N–H and O–H groups in total. The van der Waals surface area contributed by atoms with E-state index in [1.165, 1.54) is 30.3 Å². The summed E-state index contributed by atoms with van der Waals surface area (Å²) in [5, 5.41) is 29.9. The van der Waals surface area contributed by atoms with Crippen molar-refractivity contribution in [3.8, 4) is 23.8 Å². The number of rotatable bonds is 5. The Labute approximate surface area is 126 Å². The van der Waals surface area contributed by atoms with Crippen molar-refractivity contribution >= 4 is 5.69 Å². The zero-order valence-corrected chi connectivity index (χ0v) is 11.5. The van der Waals surface area contributed by atoms with Crippen LogP contribution >= 0.6 is 0 Å².